The summed E-state index contributed by atoms with van der Waals surface area (Å²) in [6.45, 7) is 2.40. The third kappa shape index (κ3) is 6.98. The number of benzene rings is 1. The second-order valence-electron chi connectivity index (χ2n) is 8.85. The predicted molar refractivity (Wildman–Crippen MR) is 127 cm³/mol. The highest BCUT2D eigenvalue weighted by Crippen LogP contribution is 2.29. The van der Waals surface area contributed by atoms with E-state index in [1.54, 1.807) is 11.8 Å². The van der Waals surface area contributed by atoms with Gasteiger partial charge in [0.15, 0.2) is 17.3 Å². The first kappa shape index (κ1) is 27.8. The lowest BCUT2D eigenvalue weighted by Gasteiger charge is -2.16. The van der Waals surface area contributed by atoms with Crippen LogP contribution in [0.4, 0.5) is 32.0 Å². The number of carbonyl (C=O) groups excluding carboxylic acids is 1. The van der Waals surface area contributed by atoms with Gasteiger partial charge in [-0.2, -0.15) is 17.5 Å². The number of aromatic nitrogens is 3. The summed E-state index contributed by atoms with van der Waals surface area (Å²) in [4.78, 5) is 22.3. The van der Waals surface area contributed by atoms with E-state index in [2.05, 4.69) is 19.7 Å². The summed E-state index contributed by atoms with van der Waals surface area (Å²) in [7, 11) is 0. The number of likely N-dealkylation sites (tertiary alicyclic amines) is 1. The summed E-state index contributed by atoms with van der Waals surface area (Å²) in [5.41, 5.74) is 0.00627. The van der Waals surface area contributed by atoms with Crippen LogP contribution in [0.2, 0.25) is 0 Å². The van der Waals surface area contributed by atoms with E-state index < -0.39 is 30.0 Å². The number of aryl methyl sites for hydroxylation is 1. The third-order valence-electron chi connectivity index (χ3n) is 5.93. The third-order valence-corrected chi connectivity index (χ3v) is 6.86. The maximum absolute atomic E-state index is 14.3. The number of nitrogens with zero attached hydrogens (tertiary/aromatic N) is 4. The fourth-order valence-corrected chi connectivity index (χ4v) is 4.97. The molecule has 1 N–H and O–H groups in total. The summed E-state index contributed by atoms with van der Waals surface area (Å²) < 4.78 is 87.5. The van der Waals surface area contributed by atoms with Crippen molar-refractivity contribution < 1.29 is 35.9 Å². The van der Waals surface area contributed by atoms with Crippen molar-refractivity contribution in [3.05, 3.63) is 63.9 Å². The highest BCUT2D eigenvalue weighted by atomic mass is 32.1. The predicted octanol–water partition coefficient (Wildman–Crippen LogP) is 5.21. The Morgan fingerprint density at radius 2 is 2.05 bits per heavy atom. The van der Waals surface area contributed by atoms with Crippen LogP contribution in [0, 0.1) is 18.7 Å². The molecule has 0 unspecified atom stereocenters. The van der Waals surface area contributed by atoms with Gasteiger partial charge in [0.1, 0.15) is 0 Å². The molecular weight excluding hydrogens is 536 g/mol. The van der Waals surface area contributed by atoms with Crippen molar-refractivity contribution in [2.45, 2.75) is 32.4 Å². The summed E-state index contributed by atoms with van der Waals surface area (Å²) in [5.74, 6) is -1.29. The molecule has 3 heterocycles. The lowest BCUT2D eigenvalue weighted by molar-refractivity contribution is -0.141. The smallest absolute Gasteiger partial charge is 0.434 e. The van der Waals surface area contributed by atoms with Crippen molar-refractivity contribution in [2.24, 2.45) is 5.92 Å². The van der Waals surface area contributed by atoms with E-state index in [9.17, 15) is 31.1 Å². The number of carbonyl (C=O) groups is 1. The molecule has 2 aromatic heterocycles. The van der Waals surface area contributed by atoms with Gasteiger partial charge in [0.25, 0.3) is 12.3 Å². The SMILES string of the molecule is Cc1nsc(Cc2cnc(C(F)(F)F)cn2)c1C(=O)Nc1ccc(F)c(OC[C@@H]2CCN(CC(F)F)C2)c1. The Morgan fingerprint density at radius 1 is 1.26 bits per heavy atom. The number of hydrogen-bond donors (Lipinski definition) is 1. The molecule has 0 spiro atoms. The van der Waals surface area contributed by atoms with Gasteiger partial charge >= 0.3 is 6.18 Å². The highest BCUT2D eigenvalue weighted by molar-refractivity contribution is 7.06. The average molecular weight is 560 g/mol. The molecule has 204 valence electrons. The number of nitrogens with one attached hydrogen (secondary N) is 1. The normalized spacial score (nSPS) is 16.3. The van der Waals surface area contributed by atoms with Crippen LogP contribution in [0.15, 0.2) is 30.6 Å². The lowest BCUT2D eigenvalue weighted by atomic mass is 10.1. The van der Waals surface area contributed by atoms with Crippen LogP contribution < -0.4 is 10.1 Å². The molecule has 7 nitrogen and oxygen atoms in total. The van der Waals surface area contributed by atoms with Crippen molar-refractivity contribution in [1.82, 2.24) is 19.2 Å². The lowest BCUT2D eigenvalue weighted by Crippen LogP contribution is -2.27. The van der Waals surface area contributed by atoms with E-state index in [4.69, 9.17) is 4.74 Å². The zero-order valence-electron chi connectivity index (χ0n) is 20.1. The second-order valence-corrected chi connectivity index (χ2v) is 9.71. The zero-order chi connectivity index (χ0) is 27.4. The maximum atomic E-state index is 14.3. The summed E-state index contributed by atoms with van der Waals surface area (Å²) in [5, 5.41) is 2.67. The molecule has 0 radical (unpaired) electrons. The largest absolute Gasteiger partial charge is 0.490 e. The molecule has 1 saturated heterocycles. The van der Waals surface area contributed by atoms with Crippen molar-refractivity contribution >= 4 is 23.1 Å². The van der Waals surface area contributed by atoms with Crippen LogP contribution in [-0.4, -0.2) is 57.8 Å². The molecule has 1 aromatic carbocycles. The quantitative estimate of drug-likeness (QED) is 0.363. The molecular formula is C24H23F6N5O2S. The molecule has 0 saturated carbocycles. The minimum atomic E-state index is -4.61. The van der Waals surface area contributed by atoms with Crippen LogP contribution in [-0.2, 0) is 12.6 Å². The van der Waals surface area contributed by atoms with Gasteiger partial charge in [-0.05, 0) is 43.6 Å². The first-order chi connectivity index (χ1) is 18.0. The van der Waals surface area contributed by atoms with E-state index in [0.717, 1.165) is 23.8 Å². The van der Waals surface area contributed by atoms with E-state index in [0.29, 0.717) is 36.3 Å². The number of halogens is 6. The molecule has 3 aromatic rings. The van der Waals surface area contributed by atoms with Gasteiger partial charge in [-0.15, -0.1) is 0 Å². The number of ether oxygens (including phenoxy) is 1. The van der Waals surface area contributed by atoms with Crippen molar-refractivity contribution in [2.75, 3.05) is 31.6 Å². The minimum absolute atomic E-state index is 0.0261. The molecule has 1 fully saturated rings. The van der Waals surface area contributed by atoms with Gasteiger partial charge in [0, 0.05) is 41.7 Å². The maximum Gasteiger partial charge on any atom is 0.434 e. The Morgan fingerprint density at radius 3 is 2.74 bits per heavy atom. The number of anilines is 1. The number of alkyl halides is 5. The van der Waals surface area contributed by atoms with Crippen LogP contribution in [0.3, 0.4) is 0 Å². The van der Waals surface area contributed by atoms with Crippen LogP contribution in [0.5, 0.6) is 5.75 Å². The van der Waals surface area contributed by atoms with Gasteiger partial charge in [-0.25, -0.2) is 18.2 Å². The zero-order valence-corrected chi connectivity index (χ0v) is 20.9. The van der Waals surface area contributed by atoms with Crippen LogP contribution in [0.25, 0.3) is 0 Å². The molecule has 4 rings (SSSR count). The van der Waals surface area contributed by atoms with Gasteiger partial charge in [0.05, 0.1) is 36.3 Å². The molecule has 0 aliphatic carbocycles. The summed E-state index contributed by atoms with van der Waals surface area (Å²) >= 11 is 1.01. The van der Waals surface area contributed by atoms with E-state index in [1.165, 1.54) is 12.1 Å². The summed E-state index contributed by atoms with van der Waals surface area (Å²) in [6.07, 6.45) is -4.70. The van der Waals surface area contributed by atoms with Crippen molar-refractivity contribution in [3.8, 4) is 5.75 Å². The van der Waals surface area contributed by atoms with Gasteiger partial charge in [-0.3, -0.25) is 14.7 Å². The fourth-order valence-electron chi connectivity index (χ4n) is 4.09. The Labute approximate surface area is 218 Å². The van der Waals surface area contributed by atoms with Crippen molar-refractivity contribution in [1.29, 1.82) is 0 Å². The minimum Gasteiger partial charge on any atom is -0.490 e. The van der Waals surface area contributed by atoms with Crippen LogP contribution >= 0.6 is 11.5 Å². The number of amides is 1. The average Bonchev–Trinajstić information content (AvgIpc) is 3.44. The van der Waals surface area contributed by atoms with Gasteiger partial charge < -0.3 is 10.1 Å². The molecule has 38 heavy (non-hydrogen) atoms. The Balaban J connectivity index is 1.40. The molecule has 14 heteroatoms. The van der Waals surface area contributed by atoms with E-state index in [-0.39, 0.29) is 48.2 Å². The van der Waals surface area contributed by atoms with Gasteiger partial charge in [0.2, 0.25) is 0 Å². The first-order valence-electron chi connectivity index (χ1n) is 11.6. The Bertz CT molecular complexity index is 1270. The second kappa shape index (κ2) is 11.6. The molecule has 1 atom stereocenters. The molecule has 0 bridgehead atoms. The number of rotatable bonds is 9. The topological polar surface area (TPSA) is 80.2 Å². The fraction of sp³-hybridized carbons (Fsp3) is 0.417. The van der Waals surface area contributed by atoms with Gasteiger partial charge in [-0.1, -0.05) is 0 Å². The molecule has 1 aliphatic rings. The van der Waals surface area contributed by atoms with Crippen LogP contribution in [0.1, 0.15) is 38.7 Å². The number of hydrogen-bond acceptors (Lipinski definition) is 7. The standard InChI is InChI=1S/C24H23F6N5O2S/c1-13-22(19(38-34-13)7-16-8-32-20(9-31-16)24(28,29)30)23(36)33-15-2-3-17(25)18(6-15)37-12-14-4-5-35(10-14)11-21(26)27/h2-3,6,8-9,14,21H,4-5,7,10-12H2,1H3,(H,33,36)/t14-/m1/s1. The molecule has 1 amide bonds. The Kier molecular flexibility index (Phi) is 8.51. The van der Waals surface area contributed by atoms with E-state index in [1.807, 2.05) is 0 Å². The summed E-state index contributed by atoms with van der Waals surface area (Å²) in [6, 6.07) is 3.82. The first-order valence-corrected chi connectivity index (χ1v) is 12.3. The molecule has 1 aliphatic heterocycles. The monoisotopic (exact) mass is 559 g/mol. The van der Waals surface area contributed by atoms with Crippen molar-refractivity contribution in [3.63, 3.8) is 0 Å². The van der Waals surface area contributed by atoms with E-state index >= 15 is 0 Å². The Hall–Kier alpha value is -3.26. The highest BCUT2D eigenvalue weighted by Gasteiger charge is 2.33.